The van der Waals surface area contributed by atoms with Gasteiger partial charge in [-0.2, -0.15) is 0 Å². The lowest BCUT2D eigenvalue weighted by atomic mass is 9.95. The van der Waals surface area contributed by atoms with Gasteiger partial charge in [-0.05, 0) is 30.3 Å². The number of anilines is 1. The molecule has 0 amide bonds. The molecular formula is C26H23F2N3O6. The maximum Gasteiger partial charge on any atom is 0.341 e. The predicted molar refractivity (Wildman–Crippen MR) is 130 cm³/mol. The number of aromatic nitrogens is 1. The second-order valence-electron chi connectivity index (χ2n) is 9.40. The van der Waals surface area contributed by atoms with Gasteiger partial charge in [0.15, 0.2) is 17.7 Å². The third-order valence-corrected chi connectivity index (χ3v) is 7.28. The first-order valence-electron chi connectivity index (χ1n) is 11.8. The summed E-state index contributed by atoms with van der Waals surface area (Å²) in [7, 11) is 2.93. The van der Waals surface area contributed by atoms with Crippen molar-refractivity contribution >= 4 is 28.3 Å². The molecule has 11 heteroatoms. The Labute approximate surface area is 209 Å². The monoisotopic (exact) mass is 511 g/mol. The van der Waals surface area contributed by atoms with Crippen molar-refractivity contribution in [3.05, 3.63) is 63.7 Å². The van der Waals surface area contributed by atoms with Gasteiger partial charge in [-0.25, -0.2) is 13.6 Å². The molecule has 1 N–H and O–H groups in total. The van der Waals surface area contributed by atoms with Gasteiger partial charge in [-0.15, -0.1) is 0 Å². The van der Waals surface area contributed by atoms with E-state index in [1.54, 1.807) is 12.0 Å². The van der Waals surface area contributed by atoms with Crippen LogP contribution in [0.4, 0.5) is 14.5 Å². The molecule has 1 saturated heterocycles. The van der Waals surface area contributed by atoms with Gasteiger partial charge >= 0.3 is 5.97 Å². The lowest BCUT2D eigenvalue weighted by Crippen LogP contribution is -2.26. The Morgan fingerprint density at radius 1 is 1.19 bits per heavy atom. The maximum atomic E-state index is 15.7. The number of rotatable bonds is 6. The quantitative estimate of drug-likeness (QED) is 0.541. The summed E-state index contributed by atoms with van der Waals surface area (Å²) < 4.78 is 42.0. The summed E-state index contributed by atoms with van der Waals surface area (Å²) in [4.78, 5) is 32.1. The van der Waals surface area contributed by atoms with E-state index in [9.17, 15) is 19.1 Å². The highest BCUT2D eigenvalue weighted by molar-refractivity contribution is 6.04. The van der Waals surface area contributed by atoms with Crippen LogP contribution in [0.1, 0.15) is 28.4 Å². The number of pyridine rings is 1. The SMILES string of the molecule is COc1ccc(C2=NOC3CN(c4c(F)cc5c(=O)c(C(=O)O)cn([C@@H]6C[C@@H]6F)c5c4OC)CC23)cc1. The summed E-state index contributed by atoms with van der Waals surface area (Å²) in [5.41, 5.74) is 0.463. The zero-order valence-corrected chi connectivity index (χ0v) is 20.0. The normalized spacial score (nSPS) is 24.0. The summed E-state index contributed by atoms with van der Waals surface area (Å²) in [6.45, 7) is 0.667. The number of ether oxygens (including phenoxy) is 2. The molecule has 2 fully saturated rings. The van der Waals surface area contributed by atoms with Gasteiger partial charge in [0.1, 0.15) is 23.2 Å². The van der Waals surface area contributed by atoms with Crippen molar-refractivity contribution in [2.24, 2.45) is 11.1 Å². The van der Waals surface area contributed by atoms with Crippen LogP contribution < -0.4 is 19.8 Å². The second-order valence-corrected chi connectivity index (χ2v) is 9.40. The zero-order chi connectivity index (χ0) is 26.0. The minimum absolute atomic E-state index is 0.0473. The summed E-state index contributed by atoms with van der Waals surface area (Å²) in [5.74, 6) is -1.60. The van der Waals surface area contributed by atoms with Gasteiger partial charge in [0.2, 0.25) is 5.43 Å². The minimum atomic E-state index is -1.46. The Morgan fingerprint density at radius 3 is 2.54 bits per heavy atom. The van der Waals surface area contributed by atoms with Crippen molar-refractivity contribution in [1.82, 2.24) is 4.57 Å². The van der Waals surface area contributed by atoms with Gasteiger partial charge in [0, 0.05) is 24.7 Å². The zero-order valence-electron chi connectivity index (χ0n) is 20.0. The summed E-state index contributed by atoms with van der Waals surface area (Å²) in [5, 5.41) is 13.6. The van der Waals surface area contributed by atoms with Gasteiger partial charge in [-0.3, -0.25) is 4.79 Å². The number of nitrogens with zero attached hydrogens (tertiary/aromatic N) is 3. The van der Waals surface area contributed by atoms with Crippen LogP contribution in [0.15, 0.2) is 46.5 Å². The van der Waals surface area contributed by atoms with Crippen LogP contribution in [0.25, 0.3) is 10.9 Å². The molecule has 1 aromatic heterocycles. The number of hydrogen-bond donors (Lipinski definition) is 1. The first kappa shape index (κ1) is 23.3. The number of halogens is 2. The number of hydrogen-bond acceptors (Lipinski definition) is 7. The van der Waals surface area contributed by atoms with E-state index in [4.69, 9.17) is 14.3 Å². The summed E-state index contributed by atoms with van der Waals surface area (Å²) in [6, 6.07) is 7.76. The maximum absolute atomic E-state index is 15.7. The molecule has 3 heterocycles. The molecule has 37 heavy (non-hydrogen) atoms. The Hall–Kier alpha value is -4.15. The fourth-order valence-electron chi connectivity index (χ4n) is 5.33. The number of fused-ring (bicyclic) bond motifs is 2. The van der Waals surface area contributed by atoms with Gasteiger partial charge in [0.25, 0.3) is 0 Å². The number of carboxylic acid groups (broad SMARTS) is 1. The molecule has 3 aliphatic rings. The molecule has 1 aliphatic carbocycles. The predicted octanol–water partition coefficient (Wildman–Crippen LogP) is 3.38. The van der Waals surface area contributed by atoms with Crippen molar-refractivity contribution in [2.45, 2.75) is 24.7 Å². The third kappa shape index (κ3) is 3.59. The summed E-state index contributed by atoms with van der Waals surface area (Å²) >= 11 is 0. The van der Waals surface area contributed by atoms with Gasteiger partial charge in [0.05, 0.1) is 49.3 Å². The molecule has 0 bridgehead atoms. The highest BCUT2D eigenvalue weighted by atomic mass is 19.1. The highest BCUT2D eigenvalue weighted by Gasteiger charge is 2.45. The third-order valence-electron chi connectivity index (χ3n) is 7.28. The molecular weight excluding hydrogens is 488 g/mol. The van der Waals surface area contributed by atoms with Crippen LogP contribution in [0.5, 0.6) is 11.5 Å². The smallest absolute Gasteiger partial charge is 0.341 e. The molecule has 6 rings (SSSR count). The molecule has 9 nitrogen and oxygen atoms in total. The van der Waals surface area contributed by atoms with Crippen LogP contribution >= 0.6 is 0 Å². The van der Waals surface area contributed by atoms with Crippen molar-refractivity contribution in [1.29, 1.82) is 0 Å². The van der Waals surface area contributed by atoms with Crippen LogP contribution in [0.2, 0.25) is 0 Å². The number of carbonyl (C=O) groups is 1. The highest BCUT2D eigenvalue weighted by Crippen LogP contribution is 2.46. The summed E-state index contributed by atoms with van der Waals surface area (Å²) in [6.07, 6.45) is -0.242. The first-order valence-corrected chi connectivity index (χ1v) is 11.8. The van der Waals surface area contributed by atoms with E-state index >= 15 is 4.39 Å². The molecule has 2 unspecified atom stereocenters. The Bertz CT molecular complexity index is 1520. The number of aromatic carboxylic acids is 1. The molecule has 0 spiro atoms. The van der Waals surface area contributed by atoms with E-state index < -0.39 is 35.0 Å². The lowest BCUT2D eigenvalue weighted by Gasteiger charge is -2.25. The molecule has 0 radical (unpaired) electrons. The molecule has 1 saturated carbocycles. The molecule has 3 aromatic rings. The molecule has 4 atom stereocenters. The standard InChI is InChI=1S/C26H23F2N3O6/c1-35-13-5-3-12(4-6-13)21-15-9-30(11-20(15)37-29-21)23-18(28)7-14-22(25(23)36-2)31(19-8-17(19)27)10-16(24(14)32)26(33)34/h3-7,10,15,17,19-20H,8-9,11H2,1-2H3,(H,33,34)/t15?,17-,19+,20?/m0/s1. The minimum Gasteiger partial charge on any atom is -0.497 e. The number of methoxy groups -OCH3 is 2. The van der Waals surface area contributed by atoms with E-state index in [2.05, 4.69) is 5.16 Å². The number of alkyl halides is 1. The van der Waals surface area contributed by atoms with Crippen molar-refractivity contribution in [3.8, 4) is 11.5 Å². The fourth-order valence-corrected chi connectivity index (χ4v) is 5.33. The molecule has 2 aliphatic heterocycles. The van der Waals surface area contributed by atoms with Gasteiger partial charge < -0.3 is 28.9 Å². The molecule has 2 aromatic carbocycles. The van der Waals surface area contributed by atoms with E-state index in [1.807, 2.05) is 24.3 Å². The number of benzene rings is 2. The van der Waals surface area contributed by atoms with E-state index in [0.29, 0.717) is 18.8 Å². The van der Waals surface area contributed by atoms with Crippen LogP contribution in [-0.2, 0) is 4.84 Å². The first-order chi connectivity index (χ1) is 17.8. The number of oxime groups is 1. The largest absolute Gasteiger partial charge is 0.497 e. The lowest BCUT2D eigenvalue weighted by molar-refractivity contribution is 0.0694. The van der Waals surface area contributed by atoms with Crippen molar-refractivity contribution in [3.63, 3.8) is 0 Å². The van der Waals surface area contributed by atoms with Crippen molar-refractivity contribution < 1.29 is 33.0 Å². The van der Waals surface area contributed by atoms with Crippen molar-refractivity contribution in [2.75, 3.05) is 32.2 Å². The average Bonchev–Trinajstić information content (AvgIpc) is 3.28. The van der Waals surface area contributed by atoms with Crippen LogP contribution in [0, 0.1) is 11.7 Å². The van der Waals surface area contributed by atoms with E-state index in [-0.39, 0.29) is 40.8 Å². The Kier molecular flexibility index (Phi) is 5.32. The average molecular weight is 511 g/mol. The Morgan fingerprint density at radius 2 is 1.92 bits per heavy atom. The Balaban J connectivity index is 1.44. The fraction of sp³-hybridized carbons (Fsp3) is 0.346. The second kappa shape index (κ2) is 8.46. The molecule has 192 valence electrons. The van der Waals surface area contributed by atoms with E-state index in [0.717, 1.165) is 23.5 Å². The number of carboxylic acids is 1. The van der Waals surface area contributed by atoms with E-state index in [1.165, 1.54) is 11.7 Å². The topological polar surface area (TPSA) is 103 Å². The van der Waals surface area contributed by atoms with Crippen LogP contribution in [-0.4, -0.2) is 60.9 Å². The van der Waals surface area contributed by atoms with Gasteiger partial charge in [-0.1, -0.05) is 5.16 Å². The van der Waals surface area contributed by atoms with Crippen LogP contribution in [0.3, 0.4) is 0 Å².